The molecule has 0 spiro atoms. The molecule has 100 valence electrons. The first-order chi connectivity index (χ1) is 9.20. The van der Waals surface area contributed by atoms with Gasteiger partial charge in [-0.1, -0.05) is 69.3 Å². The molecule has 0 heterocycles. The van der Waals surface area contributed by atoms with Crippen LogP contribution in [0.1, 0.15) is 37.8 Å². The van der Waals surface area contributed by atoms with E-state index in [1.807, 2.05) is 0 Å². The number of hydrogen-bond donors (Lipinski definition) is 1. The summed E-state index contributed by atoms with van der Waals surface area (Å²) >= 11 is 0. The van der Waals surface area contributed by atoms with Crippen molar-refractivity contribution in [3.63, 3.8) is 0 Å². The third-order valence-electron chi connectivity index (χ3n) is 3.44. The highest BCUT2D eigenvalue weighted by molar-refractivity contribution is 5.64. The zero-order valence-corrected chi connectivity index (χ0v) is 12.1. The smallest absolute Gasteiger partial charge is 0.0205 e. The van der Waals surface area contributed by atoms with Crippen LogP contribution >= 0.6 is 0 Å². The van der Waals surface area contributed by atoms with Crippen molar-refractivity contribution in [3.8, 4) is 11.1 Å². The first kappa shape index (κ1) is 13.8. The number of nitrogens with one attached hydrogen (secondary N) is 1. The van der Waals surface area contributed by atoms with Gasteiger partial charge in [-0.05, 0) is 34.7 Å². The minimum atomic E-state index is 0.594. The van der Waals surface area contributed by atoms with Gasteiger partial charge in [-0.15, -0.1) is 0 Å². The molecule has 0 aliphatic rings. The standard InChI is InChI=1S/C18H23N/c1-4-19-13-15-5-7-17(8-6-15)18-11-9-16(10-12-18)14(2)3/h5-12,14,19H,4,13H2,1-3H3. The molecule has 0 radical (unpaired) electrons. The van der Waals surface area contributed by atoms with E-state index in [1.54, 1.807) is 0 Å². The van der Waals surface area contributed by atoms with Crippen molar-refractivity contribution in [2.45, 2.75) is 33.2 Å². The van der Waals surface area contributed by atoms with Crippen molar-refractivity contribution in [3.05, 3.63) is 59.7 Å². The highest BCUT2D eigenvalue weighted by atomic mass is 14.8. The van der Waals surface area contributed by atoms with Crippen LogP contribution in [0.4, 0.5) is 0 Å². The zero-order chi connectivity index (χ0) is 13.7. The first-order valence-corrected chi connectivity index (χ1v) is 7.10. The van der Waals surface area contributed by atoms with Gasteiger partial charge in [0.1, 0.15) is 0 Å². The van der Waals surface area contributed by atoms with Gasteiger partial charge in [-0.2, -0.15) is 0 Å². The Morgan fingerprint density at radius 1 is 0.842 bits per heavy atom. The van der Waals surface area contributed by atoms with Crippen LogP contribution in [0.5, 0.6) is 0 Å². The van der Waals surface area contributed by atoms with E-state index in [0.717, 1.165) is 13.1 Å². The molecule has 0 atom stereocenters. The Kier molecular flexibility index (Phi) is 4.75. The molecule has 2 rings (SSSR count). The summed E-state index contributed by atoms with van der Waals surface area (Å²) in [5.74, 6) is 0.594. The molecular weight excluding hydrogens is 230 g/mol. The molecule has 0 saturated carbocycles. The molecule has 0 aliphatic carbocycles. The second-order valence-corrected chi connectivity index (χ2v) is 5.25. The lowest BCUT2D eigenvalue weighted by molar-refractivity contribution is 0.727. The van der Waals surface area contributed by atoms with Crippen molar-refractivity contribution >= 4 is 0 Å². The number of rotatable bonds is 5. The maximum absolute atomic E-state index is 3.34. The largest absolute Gasteiger partial charge is 0.313 e. The van der Waals surface area contributed by atoms with Crippen LogP contribution in [0, 0.1) is 0 Å². The average molecular weight is 253 g/mol. The summed E-state index contributed by atoms with van der Waals surface area (Å²) in [6.45, 7) is 8.54. The summed E-state index contributed by atoms with van der Waals surface area (Å²) in [4.78, 5) is 0. The second kappa shape index (κ2) is 6.53. The number of benzene rings is 2. The molecule has 1 heteroatoms. The topological polar surface area (TPSA) is 12.0 Å². The average Bonchev–Trinajstić information content (AvgIpc) is 2.46. The Hall–Kier alpha value is -1.60. The lowest BCUT2D eigenvalue weighted by atomic mass is 9.98. The minimum absolute atomic E-state index is 0.594. The van der Waals surface area contributed by atoms with Gasteiger partial charge < -0.3 is 5.32 Å². The molecule has 0 fully saturated rings. The molecule has 0 unspecified atom stereocenters. The van der Waals surface area contributed by atoms with Crippen LogP contribution in [-0.2, 0) is 6.54 Å². The van der Waals surface area contributed by atoms with Crippen LogP contribution < -0.4 is 5.32 Å². The zero-order valence-electron chi connectivity index (χ0n) is 12.1. The van der Waals surface area contributed by atoms with E-state index in [-0.39, 0.29) is 0 Å². The Morgan fingerprint density at radius 3 is 1.84 bits per heavy atom. The van der Waals surface area contributed by atoms with Crippen LogP contribution in [0.3, 0.4) is 0 Å². The van der Waals surface area contributed by atoms with E-state index in [2.05, 4.69) is 74.6 Å². The Bertz CT molecular complexity index is 494. The summed E-state index contributed by atoms with van der Waals surface area (Å²) in [6.07, 6.45) is 0. The second-order valence-electron chi connectivity index (χ2n) is 5.25. The molecular formula is C18H23N. The molecule has 1 N–H and O–H groups in total. The fourth-order valence-electron chi connectivity index (χ4n) is 2.14. The lowest BCUT2D eigenvalue weighted by Crippen LogP contribution is -2.11. The van der Waals surface area contributed by atoms with Crippen LogP contribution in [0.2, 0.25) is 0 Å². The van der Waals surface area contributed by atoms with Gasteiger partial charge in [0.05, 0.1) is 0 Å². The fourth-order valence-corrected chi connectivity index (χ4v) is 2.14. The van der Waals surface area contributed by atoms with E-state index in [9.17, 15) is 0 Å². The van der Waals surface area contributed by atoms with Gasteiger partial charge in [0.2, 0.25) is 0 Å². The van der Waals surface area contributed by atoms with Crippen molar-refractivity contribution in [2.24, 2.45) is 0 Å². The Labute approximate surface area is 116 Å². The predicted octanol–water partition coefficient (Wildman–Crippen LogP) is 4.59. The van der Waals surface area contributed by atoms with Crippen LogP contribution in [0.25, 0.3) is 11.1 Å². The van der Waals surface area contributed by atoms with E-state index in [4.69, 9.17) is 0 Å². The summed E-state index contributed by atoms with van der Waals surface area (Å²) < 4.78 is 0. The SMILES string of the molecule is CCNCc1ccc(-c2ccc(C(C)C)cc2)cc1. The third-order valence-corrected chi connectivity index (χ3v) is 3.44. The van der Waals surface area contributed by atoms with Gasteiger partial charge in [-0.25, -0.2) is 0 Å². The first-order valence-electron chi connectivity index (χ1n) is 7.10. The van der Waals surface area contributed by atoms with Crippen LogP contribution in [-0.4, -0.2) is 6.54 Å². The molecule has 0 bridgehead atoms. The molecule has 0 aliphatic heterocycles. The quantitative estimate of drug-likeness (QED) is 0.822. The van der Waals surface area contributed by atoms with Crippen LogP contribution in [0.15, 0.2) is 48.5 Å². The van der Waals surface area contributed by atoms with E-state index in [0.29, 0.717) is 5.92 Å². The maximum atomic E-state index is 3.34. The summed E-state index contributed by atoms with van der Waals surface area (Å²) in [7, 11) is 0. The maximum Gasteiger partial charge on any atom is 0.0205 e. The van der Waals surface area contributed by atoms with Crippen molar-refractivity contribution in [1.29, 1.82) is 0 Å². The highest BCUT2D eigenvalue weighted by Gasteiger charge is 2.01. The van der Waals surface area contributed by atoms with E-state index < -0.39 is 0 Å². The third kappa shape index (κ3) is 3.68. The van der Waals surface area contributed by atoms with Gasteiger partial charge in [-0.3, -0.25) is 0 Å². The van der Waals surface area contributed by atoms with Crippen molar-refractivity contribution in [2.75, 3.05) is 6.54 Å². The minimum Gasteiger partial charge on any atom is -0.313 e. The van der Waals surface area contributed by atoms with Crippen molar-refractivity contribution in [1.82, 2.24) is 5.32 Å². The molecule has 2 aromatic rings. The highest BCUT2D eigenvalue weighted by Crippen LogP contribution is 2.23. The molecule has 2 aromatic carbocycles. The number of hydrogen-bond acceptors (Lipinski definition) is 1. The van der Waals surface area contributed by atoms with E-state index >= 15 is 0 Å². The molecule has 1 nitrogen and oxygen atoms in total. The molecule has 0 aromatic heterocycles. The van der Waals surface area contributed by atoms with Crippen molar-refractivity contribution < 1.29 is 0 Å². The summed E-state index contributed by atoms with van der Waals surface area (Å²) in [6, 6.07) is 17.7. The Balaban J connectivity index is 2.13. The predicted molar refractivity (Wildman–Crippen MR) is 83.3 cm³/mol. The molecule has 19 heavy (non-hydrogen) atoms. The van der Waals surface area contributed by atoms with E-state index in [1.165, 1.54) is 22.3 Å². The fraction of sp³-hybridized carbons (Fsp3) is 0.333. The Morgan fingerprint density at radius 2 is 1.37 bits per heavy atom. The van der Waals surface area contributed by atoms with Gasteiger partial charge >= 0.3 is 0 Å². The normalized spacial score (nSPS) is 10.9. The van der Waals surface area contributed by atoms with Gasteiger partial charge in [0, 0.05) is 6.54 Å². The summed E-state index contributed by atoms with van der Waals surface area (Å²) in [5.41, 5.74) is 5.31. The van der Waals surface area contributed by atoms with Gasteiger partial charge in [0.15, 0.2) is 0 Å². The molecule has 0 saturated heterocycles. The lowest BCUT2D eigenvalue weighted by Gasteiger charge is -2.08. The molecule has 0 amide bonds. The summed E-state index contributed by atoms with van der Waals surface area (Å²) in [5, 5.41) is 3.34. The van der Waals surface area contributed by atoms with Gasteiger partial charge in [0.25, 0.3) is 0 Å². The monoisotopic (exact) mass is 253 g/mol.